The van der Waals surface area contributed by atoms with Crippen molar-refractivity contribution in [2.24, 2.45) is 0 Å². The summed E-state index contributed by atoms with van der Waals surface area (Å²) in [6, 6.07) is 16.4. The Kier molecular flexibility index (Phi) is 5.39. The molecule has 1 aliphatic heterocycles. The van der Waals surface area contributed by atoms with Crippen molar-refractivity contribution in [2.75, 3.05) is 13.1 Å². The van der Waals surface area contributed by atoms with Crippen molar-refractivity contribution in [1.29, 1.82) is 0 Å². The van der Waals surface area contributed by atoms with E-state index in [1.807, 2.05) is 23.1 Å². The number of carbonyl (C=O) groups excluding carboxylic acids is 1. The standard InChI is InChI=1S/C22H24N2O2S/c1-2-16-7-9-17(10-8-16)15-21(25)24-13-11-18(12-14-24)26-22-23-19-5-3-4-6-20(19)27-22/h3-10,18H,2,11-15H2,1H3. The average molecular weight is 381 g/mol. The smallest absolute Gasteiger partial charge is 0.274 e. The van der Waals surface area contributed by atoms with Crippen LogP contribution in [0.5, 0.6) is 5.19 Å². The summed E-state index contributed by atoms with van der Waals surface area (Å²) in [5.41, 5.74) is 3.38. The monoisotopic (exact) mass is 380 g/mol. The summed E-state index contributed by atoms with van der Waals surface area (Å²) >= 11 is 1.59. The molecule has 5 heteroatoms. The number of para-hydroxylation sites is 1. The van der Waals surface area contributed by atoms with E-state index in [1.54, 1.807) is 11.3 Å². The molecule has 2 aromatic carbocycles. The first kappa shape index (κ1) is 18.0. The van der Waals surface area contributed by atoms with Crippen LogP contribution in [0, 0.1) is 0 Å². The van der Waals surface area contributed by atoms with Crippen molar-refractivity contribution in [2.45, 2.75) is 38.7 Å². The number of carbonyl (C=O) groups is 1. The lowest BCUT2D eigenvalue weighted by molar-refractivity contribution is -0.132. The van der Waals surface area contributed by atoms with Gasteiger partial charge in [-0.1, -0.05) is 54.7 Å². The number of rotatable bonds is 5. The second kappa shape index (κ2) is 8.09. The number of piperidine rings is 1. The molecule has 140 valence electrons. The second-order valence-corrected chi connectivity index (χ2v) is 7.99. The number of hydrogen-bond donors (Lipinski definition) is 0. The van der Waals surface area contributed by atoms with Gasteiger partial charge in [-0.3, -0.25) is 4.79 Å². The summed E-state index contributed by atoms with van der Waals surface area (Å²) in [5, 5.41) is 0.733. The summed E-state index contributed by atoms with van der Waals surface area (Å²) in [5.74, 6) is 0.206. The van der Waals surface area contributed by atoms with E-state index in [0.29, 0.717) is 6.42 Å². The lowest BCUT2D eigenvalue weighted by Crippen LogP contribution is -2.42. The van der Waals surface area contributed by atoms with Gasteiger partial charge in [-0.05, 0) is 29.7 Å². The SMILES string of the molecule is CCc1ccc(CC(=O)N2CCC(Oc3nc4ccccc4s3)CC2)cc1. The Balaban J connectivity index is 1.29. The largest absolute Gasteiger partial charge is 0.467 e. The minimum atomic E-state index is 0.137. The van der Waals surface area contributed by atoms with Gasteiger partial charge in [0, 0.05) is 25.9 Å². The second-order valence-electron chi connectivity index (χ2n) is 6.99. The van der Waals surface area contributed by atoms with Crippen molar-refractivity contribution in [1.82, 2.24) is 9.88 Å². The predicted molar refractivity (Wildman–Crippen MR) is 109 cm³/mol. The highest BCUT2D eigenvalue weighted by molar-refractivity contribution is 7.20. The fourth-order valence-electron chi connectivity index (χ4n) is 3.45. The molecule has 0 aliphatic carbocycles. The number of ether oxygens (including phenoxy) is 1. The first-order chi connectivity index (χ1) is 13.2. The first-order valence-electron chi connectivity index (χ1n) is 9.59. The molecule has 4 rings (SSSR count). The van der Waals surface area contributed by atoms with Crippen LogP contribution in [0.2, 0.25) is 0 Å². The molecule has 1 fully saturated rings. The normalized spacial score (nSPS) is 15.2. The summed E-state index contributed by atoms with van der Waals surface area (Å²) < 4.78 is 7.23. The Morgan fingerprint density at radius 2 is 1.81 bits per heavy atom. The van der Waals surface area contributed by atoms with Gasteiger partial charge >= 0.3 is 0 Å². The quantitative estimate of drug-likeness (QED) is 0.656. The molecular weight excluding hydrogens is 356 g/mol. The van der Waals surface area contributed by atoms with Gasteiger partial charge in [-0.25, -0.2) is 4.98 Å². The van der Waals surface area contributed by atoms with Crippen LogP contribution in [-0.2, 0) is 17.6 Å². The van der Waals surface area contributed by atoms with E-state index >= 15 is 0 Å². The molecule has 2 heterocycles. The van der Waals surface area contributed by atoms with Crippen molar-refractivity contribution in [3.8, 4) is 5.19 Å². The maximum atomic E-state index is 12.6. The van der Waals surface area contributed by atoms with Crippen molar-refractivity contribution in [3.63, 3.8) is 0 Å². The van der Waals surface area contributed by atoms with Gasteiger partial charge in [0.1, 0.15) is 6.10 Å². The lowest BCUT2D eigenvalue weighted by Gasteiger charge is -2.31. The van der Waals surface area contributed by atoms with E-state index in [9.17, 15) is 4.79 Å². The number of likely N-dealkylation sites (tertiary alicyclic amines) is 1. The Labute approximate surface area is 163 Å². The molecule has 0 spiro atoms. The van der Waals surface area contributed by atoms with Crippen molar-refractivity contribution in [3.05, 3.63) is 59.7 Å². The molecule has 0 bridgehead atoms. The molecule has 0 atom stereocenters. The van der Waals surface area contributed by atoms with E-state index in [0.717, 1.165) is 53.3 Å². The van der Waals surface area contributed by atoms with Crippen LogP contribution in [-0.4, -0.2) is 35.0 Å². The van der Waals surface area contributed by atoms with E-state index in [2.05, 4.69) is 42.2 Å². The zero-order valence-corrected chi connectivity index (χ0v) is 16.4. The van der Waals surface area contributed by atoms with Crippen LogP contribution >= 0.6 is 11.3 Å². The van der Waals surface area contributed by atoms with E-state index in [4.69, 9.17) is 4.74 Å². The van der Waals surface area contributed by atoms with Gasteiger partial charge in [-0.15, -0.1) is 0 Å². The van der Waals surface area contributed by atoms with Gasteiger partial charge in [-0.2, -0.15) is 0 Å². The van der Waals surface area contributed by atoms with Crippen LogP contribution in [0.1, 0.15) is 30.9 Å². The lowest BCUT2D eigenvalue weighted by atomic mass is 10.0. The van der Waals surface area contributed by atoms with E-state index < -0.39 is 0 Å². The summed E-state index contributed by atoms with van der Waals surface area (Å²) in [7, 11) is 0. The van der Waals surface area contributed by atoms with Gasteiger partial charge in [0.2, 0.25) is 5.91 Å². The molecular formula is C22H24N2O2S. The Hall–Kier alpha value is -2.40. The van der Waals surface area contributed by atoms with Gasteiger partial charge in [0.05, 0.1) is 16.6 Å². The number of hydrogen-bond acceptors (Lipinski definition) is 4. The first-order valence-corrected chi connectivity index (χ1v) is 10.4. The number of aromatic nitrogens is 1. The zero-order chi connectivity index (χ0) is 18.6. The van der Waals surface area contributed by atoms with Crippen molar-refractivity contribution >= 4 is 27.5 Å². The maximum absolute atomic E-state index is 12.6. The molecule has 3 aromatic rings. The Morgan fingerprint density at radius 3 is 2.52 bits per heavy atom. The third-order valence-corrected chi connectivity index (χ3v) is 6.05. The average Bonchev–Trinajstić information content (AvgIpc) is 3.11. The number of amides is 1. The number of thiazole rings is 1. The minimum absolute atomic E-state index is 0.137. The maximum Gasteiger partial charge on any atom is 0.274 e. The Morgan fingerprint density at radius 1 is 1.11 bits per heavy atom. The fraction of sp³-hybridized carbons (Fsp3) is 0.364. The molecule has 0 saturated carbocycles. The highest BCUT2D eigenvalue weighted by Gasteiger charge is 2.24. The highest BCUT2D eigenvalue weighted by Crippen LogP contribution is 2.29. The molecule has 1 aromatic heterocycles. The summed E-state index contributed by atoms with van der Waals surface area (Å²) in [6.45, 7) is 3.64. The molecule has 1 aliphatic rings. The third-order valence-electron chi connectivity index (χ3n) is 5.12. The van der Waals surface area contributed by atoms with Crippen molar-refractivity contribution < 1.29 is 9.53 Å². The number of benzene rings is 2. The molecule has 4 nitrogen and oxygen atoms in total. The van der Waals surface area contributed by atoms with Crippen LogP contribution in [0.25, 0.3) is 10.2 Å². The minimum Gasteiger partial charge on any atom is -0.467 e. The Bertz CT molecular complexity index is 878. The number of nitrogens with zero attached hydrogens (tertiary/aromatic N) is 2. The van der Waals surface area contributed by atoms with Crippen LogP contribution < -0.4 is 4.74 Å². The molecule has 1 saturated heterocycles. The molecule has 0 N–H and O–H groups in total. The van der Waals surface area contributed by atoms with Gasteiger partial charge in [0.25, 0.3) is 5.19 Å². The fourth-order valence-corrected chi connectivity index (χ4v) is 4.33. The highest BCUT2D eigenvalue weighted by atomic mass is 32.1. The van der Waals surface area contributed by atoms with Crippen LogP contribution in [0.4, 0.5) is 0 Å². The van der Waals surface area contributed by atoms with Gasteiger partial charge in [0.15, 0.2) is 0 Å². The van der Waals surface area contributed by atoms with Gasteiger partial charge < -0.3 is 9.64 Å². The summed E-state index contributed by atoms with van der Waals surface area (Å²) in [4.78, 5) is 19.1. The van der Waals surface area contributed by atoms with Crippen LogP contribution in [0.15, 0.2) is 48.5 Å². The molecule has 0 radical (unpaired) electrons. The number of aryl methyl sites for hydroxylation is 1. The topological polar surface area (TPSA) is 42.4 Å². The molecule has 0 unspecified atom stereocenters. The zero-order valence-electron chi connectivity index (χ0n) is 15.6. The van der Waals surface area contributed by atoms with E-state index in [1.165, 1.54) is 5.56 Å². The predicted octanol–water partition coefficient (Wildman–Crippen LogP) is 4.47. The number of fused-ring (bicyclic) bond motifs is 1. The van der Waals surface area contributed by atoms with E-state index in [-0.39, 0.29) is 12.0 Å². The summed E-state index contributed by atoms with van der Waals surface area (Å²) in [6.07, 6.45) is 3.36. The molecule has 1 amide bonds. The third kappa shape index (κ3) is 4.30. The molecule has 27 heavy (non-hydrogen) atoms. The van der Waals surface area contributed by atoms with Crippen LogP contribution in [0.3, 0.4) is 0 Å².